The summed E-state index contributed by atoms with van der Waals surface area (Å²) in [5.41, 5.74) is 8.77. The molecular formula is C18H28N2O. The molecule has 3 heteroatoms. The topological polar surface area (TPSA) is 55.1 Å². The summed E-state index contributed by atoms with van der Waals surface area (Å²) in [6.07, 6.45) is 3.26. The van der Waals surface area contributed by atoms with Crippen molar-refractivity contribution in [3.8, 4) is 0 Å². The van der Waals surface area contributed by atoms with E-state index < -0.39 is 0 Å². The van der Waals surface area contributed by atoms with E-state index >= 15 is 0 Å². The maximum Gasteiger partial charge on any atom is 0.251 e. The van der Waals surface area contributed by atoms with Gasteiger partial charge in [0.05, 0.1) is 0 Å². The van der Waals surface area contributed by atoms with E-state index in [4.69, 9.17) is 5.73 Å². The third-order valence-corrected chi connectivity index (χ3v) is 4.43. The lowest BCUT2D eigenvalue weighted by Gasteiger charge is -2.45. The molecule has 2 rings (SSSR count). The average Bonchev–Trinajstić information content (AvgIpc) is 2.28. The molecule has 1 amide bonds. The van der Waals surface area contributed by atoms with Crippen molar-refractivity contribution in [3.63, 3.8) is 0 Å². The summed E-state index contributed by atoms with van der Waals surface area (Å²) < 4.78 is 0. The molecule has 0 aromatic heterocycles. The highest BCUT2D eigenvalue weighted by Crippen LogP contribution is 2.45. The number of carbonyl (C=O) groups is 1. The van der Waals surface area contributed by atoms with E-state index in [-0.39, 0.29) is 22.8 Å². The van der Waals surface area contributed by atoms with Crippen LogP contribution in [0.2, 0.25) is 0 Å². The molecule has 3 N–H and O–H groups in total. The standard InChI is InChI=1S/C18H28N2O/c1-12-6-7-13(8-15(12)19)16(21)20-14-9-17(2,3)11-18(4,5)10-14/h6-8,14H,9-11,19H2,1-5H3,(H,20,21). The Morgan fingerprint density at radius 2 is 1.76 bits per heavy atom. The Hall–Kier alpha value is -1.51. The number of benzene rings is 1. The molecule has 0 atom stereocenters. The molecule has 0 unspecified atom stereocenters. The molecule has 116 valence electrons. The van der Waals surface area contributed by atoms with Crippen molar-refractivity contribution >= 4 is 11.6 Å². The predicted octanol–water partition coefficient (Wildman–Crippen LogP) is 3.91. The first-order valence-corrected chi connectivity index (χ1v) is 7.75. The van der Waals surface area contributed by atoms with Gasteiger partial charge in [0.25, 0.3) is 5.91 Å². The van der Waals surface area contributed by atoms with Gasteiger partial charge in [0.2, 0.25) is 0 Å². The zero-order chi connectivity index (χ0) is 15.8. The zero-order valence-corrected chi connectivity index (χ0v) is 13.9. The lowest BCUT2D eigenvalue weighted by molar-refractivity contribution is 0.0713. The first-order valence-electron chi connectivity index (χ1n) is 7.75. The Morgan fingerprint density at radius 3 is 2.29 bits per heavy atom. The van der Waals surface area contributed by atoms with Crippen molar-refractivity contribution in [2.24, 2.45) is 10.8 Å². The second-order valence-corrected chi connectivity index (χ2v) is 8.16. The van der Waals surface area contributed by atoms with Crippen LogP contribution in [0.5, 0.6) is 0 Å². The fourth-order valence-electron chi connectivity index (χ4n) is 4.00. The summed E-state index contributed by atoms with van der Waals surface area (Å²) in [5.74, 6) is -0.0137. The van der Waals surface area contributed by atoms with Crippen LogP contribution in [0, 0.1) is 17.8 Å². The van der Waals surface area contributed by atoms with Gasteiger partial charge < -0.3 is 11.1 Å². The van der Waals surface area contributed by atoms with Gasteiger partial charge in [-0.25, -0.2) is 0 Å². The Balaban J connectivity index is 2.10. The molecule has 0 aliphatic heterocycles. The first kappa shape index (κ1) is 15.9. The molecule has 1 aromatic rings. The maximum absolute atomic E-state index is 12.4. The van der Waals surface area contributed by atoms with Crippen LogP contribution in [-0.4, -0.2) is 11.9 Å². The highest BCUT2D eigenvalue weighted by Gasteiger charge is 2.38. The van der Waals surface area contributed by atoms with Gasteiger partial charge in [0.1, 0.15) is 0 Å². The molecule has 1 saturated carbocycles. The Bertz CT molecular complexity index is 530. The minimum atomic E-state index is -0.0137. The molecule has 1 aromatic carbocycles. The minimum Gasteiger partial charge on any atom is -0.398 e. The SMILES string of the molecule is Cc1ccc(C(=O)NC2CC(C)(C)CC(C)(C)C2)cc1N. The van der Waals surface area contributed by atoms with Crippen molar-refractivity contribution in [3.05, 3.63) is 29.3 Å². The number of hydrogen-bond donors (Lipinski definition) is 2. The Kier molecular flexibility index (Phi) is 4.05. The Labute approximate surface area is 128 Å². The molecule has 1 fully saturated rings. The minimum absolute atomic E-state index is 0.0137. The summed E-state index contributed by atoms with van der Waals surface area (Å²) in [5, 5.41) is 3.20. The van der Waals surface area contributed by atoms with Gasteiger partial charge in [0, 0.05) is 17.3 Å². The number of carbonyl (C=O) groups excluding carboxylic acids is 1. The van der Waals surface area contributed by atoms with Crippen molar-refractivity contribution in [2.45, 2.75) is 59.9 Å². The fraction of sp³-hybridized carbons (Fsp3) is 0.611. The highest BCUT2D eigenvalue weighted by atomic mass is 16.1. The van der Waals surface area contributed by atoms with E-state index in [1.165, 1.54) is 6.42 Å². The number of amides is 1. The number of rotatable bonds is 2. The average molecular weight is 288 g/mol. The molecule has 0 heterocycles. The van der Waals surface area contributed by atoms with Crippen LogP contribution in [-0.2, 0) is 0 Å². The van der Waals surface area contributed by atoms with Crippen LogP contribution < -0.4 is 11.1 Å². The normalized spacial score (nSPS) is 21.0. The molecule has 1 aliphatic rings. The maximum atomic E-state index is 12.4. The summed E-state index contributed by atoms with van der Waals surface area (Å²) in [7, 11) is 0. The van der Waals surface area contributed by atoms with Crippen LogP contribution in [0.15, 0.2) is 18.2 Å². The summed E-state index contributed by atoms with van der Waals surface area (Å²) >= 11 is 0. The zero-order valence-electron chi connectivity index (χ0n) is 13.9. The summed E-state index contributed by atoms with van der Waals surface area (Å²) in [6, 6.07) is 5.75. The van der Waals surface area contributed by atoms with E-state index in [2.05, 4.69) is 33.0 Å². The fourth-order valence-corrected chi connectivity index (χ4v) is 4.00. The molecule has 21 heavy (non-hydrogen) atoms. The molecule has 0 radical (unpaired) electrons. The van der Waals surface area contributed by atoms with E-state index in [9.17, 15) is 4.79 Å². The second kappa shape index (κ2) is 5.36. The number of hydrogen-bond acceptors (Lipinski definition) is 2. The number of anilines is 1. The third-order valence-electron chi connectivity index (χ3n) is 4.43. The summed E-state index contributed by atoms with van der Waals surface area (Å²) in [4.78, 5) is 12.4. The first-order chi connectivity index (χ1) is 9.58. The monoisotopic (exact) mass is 288 g/mol. The number of nitrogen functional groups attached to an aromatic ring is 1. The van der Waals surface area contributed by atoms with Gasteiger partial charge in [-0.1, -0.05) is 33.8 Å². The lowest BCUT2D eigenvalue weighted by Crippen LogP contribution is -2.46. The Morgan fingerprint density at radius 1 is 1.19 bits per heavy atom. The van der Waals surface area contributed by atoms with Gasteiger partial charge in [-0.05, 0) is 54.7 Å². The highest BCUT2D eigenvalue weighted by molar-refractivity contribution is 5.95. The van der Waals surface area contributed by atoms with Crippen molar-refractivity contribution in [1.29, 1.82) is 0 Å². The smallest absolute Gasteiger partial charge is 0.251 e. The molecule has 0 bridgehead atoms. The van der Waals surface area contributed by atoms with E-state index in [0.29, 0.717) is 11.3 Å². The van der Waals surface area contributed by atoms with Crippen LogP contribution in [0.3, 0.4) is 0 Å². The van der Waals surface area contributed by atoms with Crippen molar-refractivity contribution in [1.82, 2.24) is 5.32 Å². The van der Waals surface area contributed by atoms with Gasteiger partial charge in [0.15, 0.2) is 0 Å². The molecule has 0 saturated heterocycles. The van der Waals surface area contributed by atoms with Gasteiger partial charge in [-0.2, -0.15) is 0 Å². The molecule has 0 spiro atoms. The lowest BCUT2D eigenvalue weighted by atomic mass is 9.63. The van der Waals surface area contributed by atoms with Crippen molar-refractivity contribution in [2.75, 3.05) is 5.73 Å². The van der Waals surface area contributed by atoms with E-state index in [1.54, 1.807) is 6.07 Å². The number of aryl methyl sites for hydroxylation is 1. The number of nitrogens with one attached hydrogen (secondary N) is 1. The van der Waals surface area contributed by atoms with Crippen molar-refractivity contribution < 1.29 is 4.79 Å². The van der Waals surface area contributed by atoms with E-state index in [1.807, 2.05) is 19.1 Å². The largest absolute Gasteiger partial charge is 0.398 e. The molecule has 3 nitrogen and oxygen atoms in total. The van der Waals surface area contributed by atoms with Gasteiger partial charge in [-0.15, -0.1) is 0 Å². The predicted molar refractivity (Wildman–Crippen MR) is 88.3 cm³/mol. The van der Waals surface area contributed by atoms with Crippen LogP contribution in [0.1, 0.15) is 62.9 Å². The van der Waals surface area contributed by atoms with Crippen LogP contribution in [0.25, 0.3) is 0 Å². The van der Waals surface area contributed by atoms with Crippen LogP contribution >= 0.6 is 0 Å². The van der Waals surface area contributed by atoms with E-state index in [0.717, 1.165) is 18.4 Å². The van der Waals surface area contributed by atoms with Crippen LogP contribution in [0.4, 0.5) is 5.69 Å². The third kappa shape index (κ3) is 3.99. The second-order valence-electron chi connectivity index (χ2n) is 8.16. The quantitative estimate of drug-likeness (QED) is 0.811. The van der Waals surface area contributed by atoms with Gasteiger partial charge >= 0.3 is 0 Å². The summed E-state index contributed by atoms with van der Waals surface area (Å²) in [6.45, 7) is 11.1. The molecule has 1 aliphatic carbocycles. The molecular weight excluding hydrogens is 260 g/mol. The van der Waals surface area contributed by atoms with Gasteiger partial charge in [-0.3, -0.25) is 4.79 Å². The number of nitrogens with two attached hydrogens (primary N) is 1.